The molecule has 1 aromatic carbocycles. The third-order valence-corrected chi connectivity index (χ3v) is 5.42. The molecule has 4 aromatic heterocycles. The molecule has 5 aromatic rings. The molecule has 0 aliphatic rings. The fourth-order valence-corrected chi connectivity index (χ4v) is 3.83. The van der Waals surface area contributed by atoms with Crippen molar-refractivity contribution in [2.45, 2.75) is 6.18 Å². The highest BCUT2D eigenvalue weighted by Crippen LogP contribution is 2.35. The van der Waals surface area contributed by atoms with Crippen molar-refractivity contribution in [1.29, 1.82) is 0 Å². The van der Waals surface area contributed by atoms with Crippen molar-refractivity contribution in [3.05, 3.63) is 83.2 Å². The highest BCUT2D eigenvalue weighted by atomic mass is 35.5. The zero-order valence-corrected chi connectivity index (χ0v) is 18.9. The number of rotatable bonds is 5. The van der Waals surface area contributed by atoms with Gasteiger partial charge in [0.25, 0.3) is 5.91 Å². The van der Waals surface area contributed by atoms with Crippen molar-refractivity contribution in [2.75, 3.05) is 5.32 Å². The van der Waals surface area contributed by atoms with Crippen LogP contribution in [0.2, 0.25) is 5.02 Å². The SMILES string of the molecule is O=C(O)c1cn(-c2ncc(NC(=O)c3cnn(-c4cccc5ncccc45)c3C(F)(F)F)cc2Cl)nn1. The van der Waals surface area contributed by atoms with E-state index in [1.807, 2.05) is 0 Å². The fraction of sp³-hybridized carbons (Fsp3) is 0.0455. The van der Waals surface area contributed by atoms with Gasteiger partial charge in [-0.1, -0.05) is 22.9 Å². The Morgan fingerprint density at radius 2 is 1.89 bits per heavy atom. The molecule has 1 amide bonds. The maximum absolute atomic E-state index is 14.1. The Morgan fingerprint density at radius 3 is 2.59 bits per heavy atom. The number of alkyl halides is 3. The smallest absolute Gasteiger partial charge is 0.434 e. The van der Waals surface area contributed by atoms with Crippen molar-refractivity contribution in [3.63, 3.8) is 0 Å². The van der Waals surface area contributed by atoms with Gasteiger partial charge in [-0.2, -0.15) is 23.0 Å². The minimum absolute atomic E-state index is 0.00645. The van der Waals surface area contributed by atoms with Crippen LogP contribution in [0.5, 0.6) is 0 Å². The molecule has 0 aliphatic carbocycles. The van der Waals surface area contributed by atoms with Crippen molar-refractivity contribution in [2.24, 2.45) is 0 Å². The highest BCUT2D eigenvalue weighted by molar-refractivity contribution is 6.32. The van der Waals surface area contributed by atoms with E-state index in [1.54, 1.807) is 18.2 Å². The number of carboxylic acid groups (broad SMARTS) is 1. The molecule has 0 aliphatic heterocycles. The molecule has 0 radical (unpaired) electrons. The molecule has 4 heterocycles. The van der Waals surface area contributed by atoms with Gasteiger partial charge in [0.05, 0.1) is 46.1 Å². The van der Waals surface area contributed by atoms with Crippen LogP contribution in [0.3, 0.4) is 0 Å². The zero-order chi connectivity index (χ0) is 26.3. The van der Waals surface area contributed by atoms with E-state index in [2.05, 4.69) is 30.7 Å². The normalized spacial score (nSPS) is 11.6. The lowest BCUT2D eigenvalue weighted by atomic mass is 10.1. The van der Waals surface area contributed by atoms with E-state index in [-0.39, 0.29) is 27.9 Å². The zero-order valence-electron chi connectivity index (χ0n) is 18.2. The average molecular weight is 529 g/mol. The minimum Gasteiger partial charge on any atom is -0.476 e. The number of halogens is 4. The van der Waals surface area contributed by atoms with E-state index in [4.69, 9.17) is 16.7 Å². The second-order valence-corrected chi connectivity index (χ2v) is 7.91. The number of aromatic nitrogens is 7. The summed E-state index contributed by atoms with van der Waals surface area (Å²) < 4.78 is 44.1. The Kier molecular flexibility index (Phi) is 5.79. The van der Waals surface area contributed by atoms with Crippen LogP contribution in [0, 0.1) is 0 Å². The van der Waals surface area contributed by atoms with E-state index in [0.29, 0.717) is 15.6 Å². The van der Waals surface area contributed by atoms with Crippen LogP contribution in [0.1, 0.15) is 26.5 Å². The van der Waals surface area contributed by atoms with Crippen LogP contribution < -0.4 is 5.32 Å². The number of amides is 1. The van der Waals surface area contributed by atoms with Gasteiger partial charge in [-0.3, -0.25) is 9.78 Å². The van der Waals surface area contributed by atoms with Crippen LogP contribution in [-0.4, -0.2) is 51.7 Å². The third-order valence-electron chi connectivity index (χ3n) is 5.14. The number of nitrogens with zero attached hydrogens (tertiary/aromatic N) is 7. The van der Waals surface area contributed by atoms with E-state index < -0.39 is 29.3 Å². The summed E-state index contributed by atoms with van der Waals surface area (Å²) in [5.41, 5.74) is -1.82. The summed E-state index contributed by atoms with van der Waals surface area (Å²) >= 11 is 6.17. The Balaban J connectivity index is 1.49. The van der Waals surface area contributed by atoms with Gasteiger partial charge in [0.2, 0.25) is 0 Å². The number of anilines is 1. The molecule has 0 fully saturated rings. The molecule has 0 saturated heterocycles. The highest BCUT2D eigenvalue weighted by Gasteiger charge is 2.41. The number of aromatic carboxylic acids is 1. The predicted molar refractivity (Wildman–Crippen MR) is 123 cm³/mol. The maximum atomic E-state index is 14.1. The molecule has 11 nitrogen and oxygen atoms in total. The Labute approximate surface area is 209 Å². The molecule has 0 unspecified atom stereocenters. The summed E-state index contributed by atoms with van der Waals surface area (Å²) in [5, 5.41) is 22.5. The first-order chi connectivity index (χ1) is 17.6. The second-order valence-electron chi connectivity index (χ2n) is 7.50. The van der Waals surface area contributed by atoms with Gasteiger partial charge in [0.1, 0.15) is 0 Å². The average Bonchev–Trinajstić information content (AvgIpc) is 3.52. The molecule has 0 atom stereocenters. The number of fused-ring (bicyclic) bond motifs is 1. The number of carbonyl (C=O) groups is 2. The van der Waals surface area contributed by atoms with E-state index >= 15 is 0 Å². The molecular weight excluding hydrogens is 517 g/mol. The third kappa shape index (κ3) is 4.45. The van der Waals surface area contributed by atoms with Crippen molar-refractivity contribution in [3.8, 4) is 11.5 Å². The van der Waals surface area contributed by atoms with Gasteiger partial charge in [-0.25, -0.2) is 14.5 Å². The molecule has 37 heavy (non-hydrogen) atoms. The summed E-state index contributed by atoms with van der Waals surface area (Å²) in [6.07, 6.45) is -0.407. The number of pyridine rings is 2. The predicted octanol–water partition coefficient (Wildman–Crippen LogP) is 4.02. The van der Waals surface area contributed by atoms with E-state index in [0.717, 1.165) is 23.3 Å². The number of carbonyl (C=O) groups excluding carboxylic acids is 1. The number of carboxylic acids is 1. The number of nitrogens with one attached hydrogen (secondary N) is 1. The summed E-state index contributed by atoms with van der Waals surface area (Å²) in [6, 6.07) is 9.02. The Hall–Kier alpha value is -4.85. The first-order valence-electron chi connectivity index (χ1n) is 10.3. The Bertz CT molecular complexity index is 1680. The number of hydrogen-bond donors (Lipinski definition) is 2. The van der Waals surface area contributed by atoms with E-state index in [1.165, 1.54) is 24.4 Å². The Morgan fingerprint density at radius 1 is 1.08 bits per heavy atom. The van der Waals surface area contributed by atoms with Gasteiger partial charge in [0.15, 0.2) is 17.2 Å². The van der Waals surface area contributed by atoms with Crippen molar-refractivity contribution >= 4 is 40.1 Å². The van der Waals surface area contributed by atoms with Gasteiger partial charge >= 0.3 is 12.1 Å². The van der Waals surface area contributed by atoms with Gasteiger partial charge in [-0.05, 0) is 30.3 Å². The minimum atomic E-state index is -4.93. The van der Waals surface area contributed by atoms with Crippen molar-refractivity contribution in [1.82, 2.24) is 34.7 Å². The van der Waals surface area contributed by atoms with Crippen molar-refractivity contribution < 1.29 is 27.9 Å². The second kappa shape index (κ2) is 8.98. The summed E-state index contributed by atoms with van der Waals surface area (Å²) in [5.74, 6) is -2.42. The molecule has 2 N–H and O–H groups in total. The molecule has 5 rings (SSSR count). The van der Waals surface area contributed by atoms with Crippen LogP contribution in [0.15, 0.2) is 61.2 Å². The van der Waals surface area contributed by atoms with Crippen LogP contribution in [0.25, 0.3) is 22.4 Å². The molecule has 0 bridgehead atoms. The first kappa shape index (κ1) is 23.9. The van der Waals surface area contributed by atoms with Crippen LogP contribution in [0.4, 0.5) is 18.9 Å². The molecule has 0 saturated carbocycles. The first-order valence-corrected chi connectivity index (χ1v) is 10.6. The lowest BCUT2D eigenvalue weighted by molar-refractivity contribution is -0.143. The molecular formula is C22H12ClF3N8O3. The quantitative estimate of drug-likeness (QED) is 0.348. The monoisotopic (exact) mass is 528 g/mol. The maximum Gasteiger partial charge on any atom is 0.434 e. The fourth-order valence-electron chi connectivity index (χ4n) is 3.57. The summed E-state index contributed by atoms with van der Waals surface area (Å²) in [7, 11) is 0. The van der Waals surface area contributed by atoms with Gasteiger partial charge < -0.3 is 10.4 Å². The lowest BCUT2D eigenvalue weighted by Gasteiger charge is -2.14. The van der Waals surface area contributed by atoms with E-state index in [9.17, 15) is 22.8 Å². The van der Waals surface area contributed by atoms with Crippen LogP contribution >= 0.6 is 11.6 Å². The van der Waals surface area contributed by atoms with Gasteiger partial charge in [0, 0.05) is 11.6 Å². The molecule has 186 valence electrons. The number of benzene rings is 1. The topological polar surface area (TPSA) is 141 Å². The molecule has 15 heteroatoms. The standard InChI is InChI=1S/C22H12ClF3N8O3/c23-14-7-11(8-28-19(14)33-10-16(21(36)37)31-32-33)30-20(35)13-9-29-34(18(13)22(24,25)26)17-5-1-4-15-12(17)3-2-6-27-15/h1-10H,(H,30,35)(H,36,37). The number of hydrogen-bond acceptors (Lipinski definition) is 7. The summed E-state index contributed by atoms with van der Waals surface area (Å²) in [6.45, 7) is 0. The largest absolute Gasteiger partial charge is 0.476 e. The molecule has 0 spiro atoms. The summed E-state index contributed by atoms with van der Waals surface area (Å²) in [4.78, 5) is 32.0. The van der Waals surface area contributed by atoms with Crippen LogP contribution in [-0.2, 0) is 6.18 Å². The van der Waals surface area contributed by atoms with Gasteiger partial charge in [-0.15, -0.1) is 5.10 Å². The lowest BCUT2D eigenvalue weighted by Crippen LogP contribution is -2.21.